The van der Waals surface area contributed by atoms with Gasteiger partial charge >= 0.3 is 0 Å². The summed E-state index contributed by atoms with van der Waals surface area (Å²) in [6.07, 6.45) is 0.796. The predicted molar refractivity (Wildman–Crippen MR) is 92.3 cm³/mol. The normalized spacial score (nSPS) is 17.5. The minimum absolute atomic E-state index is 0.00520. The fourth-order valence-corrected chi connectivity index (χ4v) is 3.50. The monoisotopic (exact) mass is 358 g/mol. The number of benzene rings is 2. The van der Waals surface area contributed by atoms with E-state index in [1.165, 1.54) is 6.07 Å². The van der Waals surface area contributed by atoms with Crippen LogP contribution in [0.1, 0.15) is 22.7 Å². The Kier molecular flexibility index (Phi) is 4.04. The highest BCUT2D eigenvalue weighted by atomic mass is 16.7. The van der Waals surface area contributed by atoms with Crippen LogP contribution in [0.15, 0.2) is 24.3 Å². The lowest BCUT2D eigenvalue weighted by Gasteiger charge is -2.28. The molecule has 0 fully saturated rings. The lowest BCUT2D eigenvalue weighted by atomic mass is 9.88. The summed E-state index contributed by atoms with van der Waals surface area (Å²) in [6.45, 7) is 0.758. The third-order valence-corrected chi connectivity index (χ3v) is 4.73. The van der Waals surface area contributed by atoms with E-state index in [-0.39, 0.29) is 18.5 Å². The smallest absolute Gasteiger partial charge is 0.278 e. The molecule has 0 saturated heterocycles. The van der Waals surface area contributed by atoms with E-state index in [2.05, 4.69) is 5.32 Å². The standard InChI is InChI=1S/C18H18N2O6/c1-23-14-5-10-3-4-19-18(11(10)6-15(14)24-2)12-7-16-17(26-9-25-16)8-13(12)20(21)22/h5-8,18-19H,3-4,9H2,1-2H3/t18-/m0/s1. The Labute approximate surface area is 149 Å². The number of ether oxygens (including phenoxy) is 4. The molecule has 2 aliphatic heterocycles. The maximum atomic E-state index is 11.6. The maximum absolute atomic E-state index is 11.6. The molecule has 2 aliphatic rings. The van der Waals surface area contributed by atoms with Gasteiger partial charge in [-0.3, -0.25) is 10.1 Å². The molecule has 0 amide bonds. The lowest BCUT2D eigenvalue weighted by Crippen LogP contribution is -2.31. The van der Waals surface area contributed by atoms with Gasteiger partial charge in [-0.1, -0.05) is 0 Å². The first-order chi connectivity index (χ1) is 12.6. The molecule has 0 saturated carbocycles. The highest BCUT2D eigenvalue weighted by Gasteiger charge is 2.32. The summed E-state index contributed by atoms with van der Waals surface area (Å²) in [6, 6.07) is 6.56. The quantitative estimate of drug-likeness (QED) is 0.663. The van der Waals surface area contributed by atoms with Crippen molar-refractivity contribution >= 4 is 5.69 Å². The van der Waals surface area contributed by atoms with Gasteiger partial charge in [0.2, 0.25) is 6.79 Å². The first-order valence-corrected chi connectivity index (χ1v) is 8.18. The van der Waals surface area contributed by atoms with E-state index in [1.54, 1.807) is 20.3 Å². The van der Waals surface area contributed by atoms with Crippen LogP contribution in [0.5, 0.6) is 23.0 Å². The van der Waals surface area contributed by atoms with Crippen molar-refractivity contribution in [3.8, 4) is 23.0 Å². The minimum Gasteiger partial charge on any atom is -0.493 e. The second kappa shape index (κ2) is 6.38. The molecule has 0 radical (unpaired) electrons. The number of hydrogen-bond acceptors (Lipinski definition) is 7. The minimum atomic E-state index is -0.395. The number of rotatable bonds is 4. The van der Waals surface area contributed by atoms with Gasteiger partial charge in [0.25, 0.3) is 5.69 Å². The van der Waals surface area contributed by atoms with Gasteiger partial charge in [-0.05, 0) is 35.7 Å². The second-order valence-corrected chi connectivity index (χ2v) is 6.06. The third-order valence-electron chi connectivity index (χ3n) is 4.73. The van der Waals surface area contributed by atoms with E-state index in [9.17, 15) is 10.1 Å². The van der Waals surface area contributed by atoms with E-state index in [0.29, 0.717) is 35.1 Å². The maximum Gasteiger partial charge on any atom is 0.278 e. The molecule has 136 valence electrons. The van der Waals surface area contributed by atoms with Crippen LogP contribution < -0.4 is 24.3 Å². The highest BCUT2D eigenvalue weighted by Crippen LogP contribution is 2.44. The summed E-state index contributed by atoms with van der Waals surface area (Å²) in [4.78, 5) is 11.2. The Balaban J connectivity index is 1.87. The first-order valence-electron chi connectivity index (χ1n) is 8.18. The topological polar surface area (TPSA) is 92.1 Å². The Morgan fingerprint density at radius 3 is 2.46 bits per heavy atom. The molecule has 0 aromatic heterocycles. The summed E-state index contributed by atoms with van der Waals surface area (Å²) in [5, 5.41) is 15.0. The van der Waals surface area contributed by atoms with Gasteiger partial charge in [0, 0.05) is 6.54 Å². The van der Waals surface area contributed by atoms with Gasteiger partial charge in [0.1, 0.15) is 0 Å². The van der Waals surface area contributed by atoms with Crippen LogP contribution >= 0.6 is 0 Å². The largest absolute Gasteiger partial charge is 0.493 e. The van der Waals surface area contributed by atoms with E-state index in [4.69, 9.17) is 18.9 Å². The summed E-state index contributed by atoms with van der Waals surface area (Å²) >= 11 is 0. The fourth-order valence-electron chi connectivity index (χ4n) is 3.50. The van der Waals surface area contributed by atoms with E-state index < -0.39 is 4.92 Å². The predicted octanol–water partition coefficient (Wildman–Crippen LogP) is 2.58. The molecule has 4 rings (SSSR count). The highest BCUT2D eigenvalue weighted by molar-refractivity contribution is 5.60. The van der Waals surface area contributed by atoms with Crippen molar-refractivity contribution in [1.29, 1.82) is 0 Å². The van der Waals surface area contributed by atoms with Gasteiger partial charge in [-0.2, -0.15) is 0 Å². The van der Waals surface area contributed by atoms with Crippen molar-refractivity contribution in [2.24, 2.45) is 0 Å². The van der Waals surface area contributed by atoms with Gasteiger partial charge < -0.3 is 24.3 Å². The van der Waals surface area contributed by atoms with Crippen LogP contribution in [0.2, 0.25) is 0 Å². The van der Waals surface area contributed by atoms with Gasteiger partial charge in [0.05, 0.1) is 36.8 Å². The fraction of sp³-hybridized carbons (Fsp3) is 0.333. The molecule has 2 aromatic carbocycles. The number of hydrogen-bond donors (Lipinski definition) is 1. The molecule has 1 N–H and O–H groups in total. The molecule has 0 unspecified atom stereocenters. The van der Waals surface area contributed by atoms with Crippen LogP contribution in [-0.4, -0.2) is 32.5 Å². The second-order valence-electron chi connectivity index (χ2n) is 6.06. The van der Waals surface area contributed by atoms with Crippen molar-refractivity contribution < 1.29 is 23.9 Å². The Hall–Kier alpha value is -3.00. The number of nitro benzene ring substituents is 1. The van der Waals surface area contributed by atoms with Crippen LogP contribution in [0, 0.1) is 10.1 Å². The Morgan fingerprint density at radius 1 is 1.08 bits per heavy atom. The van der Waals surface area contributed by atoms with Crippen LogP contribution in [0.25, 0.3) is 0 Å². The summed E-state index contributed by atoms with van der Waals surface area (Å²) in [7, 11) is 3.16. The SMILES string of the molecule is COc1cc2c(cc1OC)[C@@H](c1cc3c(cc1[N+](=O)[O-])OCO3)NCC2. The average Bonchev–Trinajstić information content (AvgIpc) is 3.12. The first kappa shape index (κ1) is 16.5. The summed E-state index contributed by atoms with van der Waals surface area (Å²) in [5.41, 5.74) is 2.52. The molecule has 0 bridgehead atoms. The van der Waals surface area contributed by atoms with E-state index >= 15 is 0 Å². The molecule has 8 heteroatoms. The third kappa shape index (κ3) is 2.59. The molecular weight excluding hydrogens is 340 g/mol. The van der Waals surface area contributed by atoms with Crippen LogP contribution in [0.4, 0.5) is 5.69 Å². The number of fused-ring (bicyclic) bond motifs is 2. The molecule has 2 aromatic rings. The van der Waals surface area contributed by atoms with Crippen molar-refractivity contribution in [1.82, 2.24) is 5.32 Å². The van der Waals surface area contributed by atoms with E-state index in [0.717, 1.165) is 17.5 Å². The van der Waals surface area contributed by atoms with Crippen molar-refractivity contribution in [3.63, 3.8) is 0 Å². The molecule has 0 spiro atoms. The molecule has 26 heavy (non-hydrogen) atoms. The van der Waals surface area contributed by atoms with Crippen LogP contribution in [0.3, 0.4) is 0 Å². The van der Waals surface area contributed by atoms with Gasteiger partial charge in [-0.25, -0.2) is 0 Å². The van der Waals surface area contributed by atoms with Gasteiger partial charge in [-0.15, -0.1) is 0 Å². The molecular formula is C18H18N2O6. The zero-order chi connectivity index (χ0) is 18.3. The zero-order valence-corrected chi connectivity index (χ0v) is 14.4. The van der Waals surface area contributed by atoms with Crippen molar-refractivity contribution in [2.45, 2.75) is 12.5 Å². The van der Waals surface area contributed by atoms with Crippen molar-refractivity contribution in [3.05, 3.63) is 51.1 Å². The average molecular weight is 358 g/mol. The Bertz CT molecular complexity index is 882. The van der Waals surface area contributed by atoms with E-state index in [1.807, 2.05) is 12.1 Å². The number of nitrogens with zero attached hydrogens (tertiary/aromatic N) is 1. The zero-order valence-electron chi connectivity index (χ0n) is 14.4. The van der Waals surface area contributed by atoms with Gasteiger partial charge in [0.15, 0.2) is 23.0 Å². The summed E-state index contributed by atoms with van der Waals surface area (Å²) in [5.74, 6) is 2.14. The Morgan fingerprint density at radius 2 is 1.77 bits per heavy atom. The number of methoxy groups -OCH3 is 2. The molecule has 1 atom stereocenters. The van der Waals surface area contributed by atoms with Crippen molar-refractivity contribution in [2.75, 3.05) is 27.6 Å². The molecule has 0 aliphatic carbocycles. The molecule has 2 heterocycles. The molecule has 8 nitrogen and oxygen atoms in total. The van der Waals surface area contributed by atoms with Crippen LogP contribution in [-0.2, 0) is 6.42 Å². The number of nitrogens with one attached hydrogen (secondary N) is 1. The summed E-state index contributed by atoms with van der Waals surface area (Å²) < 4.78 is 21.5. The number of nitro groups is 1. The lowest BCUT2D eigenvalue weighted by molar-refractivity contribution is -0.385.